The number of benzene rings is 1. The molecule has 1 atom stereocenters. The van der Waals surface area contributed by atoms with Gasteiger partial charge in [0.15, 0.2) is 9.84 Å². The summed E-state index contributed by atoms with van der Waals surface area (Å²) in [5.41, 5.74) is 0.468. The molecule has 1 N–H and O–H groups in total. The fraction of sp³-hybridized carbons (Fsp3) is 0.429. The molecule has 32 heavy (non-hydrogen) atoms. The summed E-state index contributed by atoms with van der Waals surface area (Å²) in [7, 11) is -5.62. The Morgan fingerprint density at radius 1 is 1.16 bits per heavy atom. The molecule has 1 saturated heterocycles. The van der Waals surface area contributed by atoms with E-state index in [-0.39, 0.29) is 36.4 Å². The van der Waals surface area contributed by atoms with Crippen LogP contribution in [0.4, 0.5) is 0 Å². The topological polar surface area (TPSA) is 123 Å². The van der Waals surface area contributed by atoms with Crippen LogP contribution in [0, 0.1) is 5.92 Å². The van der Waals surface area contributed by atoms with Gasteiger partial charge in [0.1, 0.15) is 11.0 Å². The van der Waals surface area contributed by atoms with Gasteiger partial charge in [-0.1, -0.05) is 6.07 Å². The number of carbonyl (C=O) groups is 1. The number of pyridine rings is 1. The van der Waals surface area contributed by atoms with Gasteiger partial charge in [0.25, 0.3) is 0 Å². The third-order valence-electron chi connectivity index (χ3n) is 5.57. The van der Waals surface area contributed by atoms with Gasteiger partial charge in [-0.15, -0.1) is 0 Å². The average Bonchev–Trinajstić information content (AvgIpc) is 2.79. The number of sulfonamides is 1. The zero-order valence-electron chi connectivity index (χ0n) is 18.0. The number of rotatable bonds is 8. The summed E-state index contributed by atoms with van der Waals surface area (Å²) >= 11 is 0. The number of piperidine rings is 1. The zero-order valence-corrected chi connectivity index (χ0v) is 19.6. The van der Waals surface area contributed by atoms with Crippen LogP contribution in [0.3, 0.4) is 0 Å². The van der Waals surface area contributed by atoms with E-state index >= 15 is 0 Å². The molecular formula is C21H27N3O6S2. The lowest BCUT2D eigenvalue weighted by Crippen LogP contribution is -2.43. The minimum atomic E-state index is -3.83. The number of hydrogen-bond donors (Lipinski definition) is 1. The van der Waals surface area contributed by atoms with E-state index in [0.29, 0.717) is 24.2 Å². The lowest BCUT2D eigenvalue weighted by Gasteiger charge is -2.29. The Labute approximate surface area is 188 Å². The van der Waals surface area contributed by atoms with Crippen LogP contribution >= 0.6 is 0 Å². The lowest BCUT2D eigenvalue weighted by molar-refractivity contribution is -0.126. The average molecular weight is 482 g/mol. The van der Waals surface area contributed by atoms with Crippen LogP contribution in [0.15, 0.2) is 53.7 Å². The van der Waals surface area contributed by atoms with E-state index in [4.69, 9.17) is 4.74 Å². The van der Waals surface area contributed by atoms with Crippen molar-refractivity contribution in [3.8, 4) is 5.75 Å². The number of sulfone groups is 1. The first-order chi connectivity index (χ1) is 15.1. The molecule has 0 bridgehead atoms. The second kappa shape index (κ2) is 9.97. The normalized spacial score (nSPS) is 16.9. The number of hydrogen-bond acceptors (Lipinski definition) is 7. The number of carbonyl (C=O) groups excluding carboxylic acids is 1. The van der Waals surface area contributed by atoms with Crippen molar-refractivity contribution in [3.63, 3.8) is 0 Å². The summed E-state index contributed by atoms with van der Waals surface area (Å²) in [6, 6.07) is 9.40. The van der Waals surface area contributed by atoms with Crippen LogP contribution in [-0.2, 0) is 24.7 Å². The zero-order chi connectivity index (χ0) is 23.4. The molecule has 0 saturated carbocycles. The molecule has 9 nitrogen and oxygen atoms in total. The standard InChI is InChI=1S/C21H27N3O6S2/c1-30-18-5-7-19(8-6-18)32(28,29)20(17-4-3-11-22-14-17)15-23-21(25)16-9-12-24(13-10-16)31(2,26)27/h3-8,11,14,16,20H,9-10,12-13,15H2,1-2H3,(H,23,25). The molecule has 1 fully saturated rings. The van der Waals surface area contributed by atoms with E-state index < -0.39 is 25.1 Å². The van der Waals surface area contributed by atoms with E-state index in [1.807, 2.05) is 0 Å². The minimum absolute atomic E-state index is 0.114. The van der Waals surface area contributed by atoms with E-state index in [9.17, 15) is 21.6 Å². The van der Waals surface area contributed by atoms with Crippen LogP contribution < -0.4 is 10.1 Å². The van der Waals surface area contributed by atoms with E-state index in [0.717, 1.165) is 6.26 Å². The number of aromatic nitrogens is 1. The molecule has 0 spiro atoms. The van der Waals surface area contributed by atoms with E-state index in [1.165, 1.54) is 29.7 Å². The first kappa shape index (κ1) is 24.1. The van der Waals surface area contributed by atoms with Crippen LogP contribution in [0.5, 0.6) is 5.75 Å². The molecule has 0 radical (unpaired) electrons. The summed E-state index contributed by atoms with van der Waals surface area (Å²) in [4.78, 5) is 16.9. The first-order valence-corrected chi connectivity index (χ1v) is 13.5. The van der Waals surface area contributed by atoms with Crippen molar-refractivity contribution >= 4 is 25.8 Å². The van der Waals surface area contributed by atoms with Gasteiger partial charge in [-0.2, -0.15) is 0 Å². The SMILES string of the molecule is COc1ccc(S(=O)(=O)C(CNC(=O)C2CCN(S(C)(=O)=O)CC2)c2cccnc2)cc1. The monoisotopic (exact) mass is 481 g/mol. The van der Waals surface area contributed by atoms with Crippen molar-refractivity contribution in [3.05, 3.63) is 54.4 Å². The van der Waals surface area contributed by atoms with Crippen LogP contribution in [0.1, 0.15) is 23.7 Å². The van der Waals surface area contributed by atoms with E-state index in [2.05, 4.69) is 10.3 Å². The number of nitrogens with one attached hydrogen (secondary N) is 1. The molecule has 1 amide bonds. The number of ether oxygens (including phenoxy) is 1. The highest BCUT2D eigenvalue weighted by Gasteiger charge is 2.32. The van der Waals surface area contributed by atoms with Crippen LogP contribution in [-0.4, -0.2) is 65.0 Å². The van der Waals surface area contributed by atoms with Gasteiger partial charge in [-0.25, -0.2) is 21.1 Å². The maximum absolute atomic E-state index is 13.4. The van der Waals surface area contributed by atoms with Crippen molar-refractivity contribution in [1.82, 2.24) is 14.6 Å². The molecule has 2 aromatic rings. The summed E-state index contributed by atoms with van der Waals surface area (Å²) in [6.45, 7) is 0.422. The third kappa shape index (κ3) is 5.64. The molecule has 3 rings (SSSR count). The van der Waals surface area contributed by atoms with Gasteiger partial charge in [-0.3, -0.25) is 9.78 Å². The highest BCUT2D eigenvalue weighted by atomic mass is 32.2. The molecule has 11 heteroatoms. The predicted octanol–water partition coefficient (Wildman–Crippen LogP) is 1.39. The fourth-order valence-electron chi connectivity index (χ4n) is 3.69. The quantitative estimate of drug-likeness (QED) is 0.604. The van der Waals surface area contributed by atoms with Gasteiger partial charge in [0.05, 0.1) is 18.3 Å². The van der Waals surface area contributed by atoms with Gasteiger partial charge in [0.2, 0.25) is 15.9 Å². The van der Waals surface area contributed by atoms with Gasteiger partial charge in [0, 0.05) is 37.9 Å². The van der Waals surface area contributed by atoms with Gasteiger partial charge < -0.3 is 10.1 Å². The van der Waals surface area contributed by atoms with Crippen LogP contribution in [0.25, 0.3) is 0 Å². The largest absolute Gasteiger partial charge is 0.497 e. The Morgan fingerprint density at radius 2 is 1.81 bits per heavy atom. The Balaban J connectivity index is 1.75. The van der Waals surface area contributed by atoms with Crippen molar-refractivity contribution in [2.45, 2.75) is 23.0 Å². The number of amides is 1. The predicted molar refractivity (Wildman–Crippen MR) is 119 cm³/mol. The molecule has 1 aliphatic rings. The van der Waals surface area contributed by atoms with Crippen molar-refractivity contribution in [2.24, 2.45) is 5.92 Å². The molecule has 1 aromatic carbocycles. The summed E-state index contributed by atoms with van der Waals surface area (Å²) < 4.78 is 56.5. The Hall–Kier alpha value is -2.50. The second-order valence-corrected chi connectivity index (χ2v) is 11.8. The van der Waals surface area contributed by atoms with Crippen molar-refractivity contribution in [2.75, 3.05) is 33.0 Å². The molecule has 1 aliphatic heterocycles. The van der Waals surface area contributed by atoms with Gasteiger partial charge >= 0.3 is 0 Å². The molecule has 1 unspecified atom stereocenters. The van der Waals surface area contributed by atoms with Crippen LogP contribution in [0.2, 0.25) is 0 Å². The molecule has 174 valence electrons. The molecule has 1 aromatic heterocycles. The third-order valence-corrected chi connectivity index (χ3v) is 8.99. The van der Waals surface area contributed by atoms with Gasteiger partial charge in [-0.05, 0) is 48.7 Å². The first-order valence-electron chi connectivity index (χ1n) is 10.1. The minimum Gasteiger partial charge on any atom is -0.497 e. The summed E-state index contributed by atoms with van der Waals surface area (Å²) in [6.07, 6.45) is 4.95. The Bertz CT molecular complexity index is 1130. The molecular weight excluding hydrogens is 454 g/mol. The van der Waals surface area contributed by atoms with Crippen molar-refractivity contribution < 1.29 is 26.4 Å². The summed E-state index contributed by atoms with van der Waals surface area (Å²) in [5, 5.41) is 1.74. The lowest BCUT2D eigenvalue weighted by atomic mass is 9.97. The Kier molecular flexibility index (Phi) is 7.52. The van der Waals surface area contributed by atoms with Crippen molar-refractivity contribution in [1.29, 1.82) is 0 Å². The number of nitrogens with zero attached hydrogens (tertiary/aromatic N) is 2. The molecule has 2 heterocycles. The molecule has 0 aliphatic carbocycles. The number of methoxy groups -OCH3 is 1. The fourth-order valence-corrected chi connectivity index (χ4v) is 6.21. The second-order valence-electron chi connectivity index (χ2n) is 7.68. The maximum atomic E-state index is 13.4. The Morgan fingerprint density at radius 3 is 2.34 bits per heavy atom. The maximum Gasteiger partial charge on any atom is 0.223 e. The summed E-state index contributed by atoms with van der Waals surface area (Å²) in [5.74, 6) is -0.112. The highest BCUT2D eigenvalue weighted by Crippen LogP contribution is 2.29. The smallest absolute Gasteiger partial charge is 0.223 e. The highest BCUT2D eigenvalue weighted by molar-refractivity contribution is 7.91. The van der Waals surface area contributed by atoms with E-state index in [1.54, 1.807) is 30.5 Å².